The summed E-state index contributed by atoms with van der Waals surface area (Å²) in [6.45, 7) is 0. The molecule has 70 valence electrons. The summed E-state index contributed by atoms with van der Waals surface area (Å²) in [6.07, 6.45) is 3.24. The van der Waals surface area contributed by atoms with E-state index in [1.165, 1.54) is 0 Å². The minimum atomic E-state index is 0.659. The molecule has 1 aliphatic carbocycles. The number of hydrogen-bond donors (Lipinski definition) is 1. The number of aryl methyl sites for hydroxylation is 1. The highest BCUT2D eigenvalue weighted by atomic mass is 15.2. The number of nitrogen functional groups attached to an aromatic ring is 1. The number of aromatic nitrogens is 2. The standard InChI is InChI=1S/C9H14N4/c1-13(2)9-11-7-5-3-4-6(7)8(10)12-9/h3-5H2,1-2H3,(H2,10,11,12). The SMILES string of the molecule is CN(C)c1nc(N)c2c(n1)CCC2. The Balaban J connectivity index is 2.49. The van der Waals surface area contributed by atoms with E-state index in [4.69, 9.17) is 5.73 Å². The molecular weight excluding hydrogens is 164 g/mol. The summed E-state index contributed by atoms with van der Waals surface area (Å²) in [5.41, 5.74) is 8.13. The van der Waals surface area contributed by atoms with Gasteiger partial charge in [-0.15, -0.1) is 0 Å². The van der Waals surface area contributed by atoms with E-state index in [1.54, 1.807) is 0 Å². The van der Waals surface area contributed by atoms with Gasteiger partial charge in [0.15, 0.2) is 0 Å². The van der Waals surface area contributed by atoms with Crippen molar-refractivity contribution in [3.8, 4) is 0 Å². The maximum atomic E-state index is 5.83. The number of anilines is 2. The highest BCUT2D eigenvalue weighted by molar-refractivity contribution is 5.49. The van der Waals surface area contributed by atoms with Crippen LogP contribution in [0.1, 0.15) is 17.7 Å². The monoisotopic (exact) mass is 178 g/mol. The van der Waals surface area contributed by atoms with E-state index in [0.717, 1.165) is 36.5 Å². The van der Waals surface area contributed by atoms with Crippen LogP contribution in [0.3, 0.4) is 0 Å². The van der Waals surface area contributed by atoms with E-state index in [9.17, 15) is 0 Å². The van der Waals surface area contributed by atoms with Crippen molar-refractivity contribution in [2.24, 2.45) is 0 Å². The predicted octanol–water partition coefficient (Wildman–Crippen LogP) is 0.613. The molecule has 0 fully saturated rings. The number of nitrogens with zero attached hydrogens (tertiary/aromatic N) is 3. The number of nitrogens with two attached hydrogens (primary N) is 1. The molecule has 0 amide bonds. The fourth-order valence-electron chi connectivity index (χ4n) is 1.65. The van der Waals surface area contributed by atoms with Gasteiger partial charge in [0.05, 0.1) is 5.69 Å². The summed E-state index contributed by atoms with van der Waals surface area (Å²) >= 11 is 0. The van der Waals surface area contributed by atoms with E-state index >= 15 is 0 Å². The van der Waals surface area contributed by atoms with Gasteiger partial charge in [0, 0.05) is 19.7 Å². The summed E-state index contributed by atoms with van der Waals surface area (Å²) in [5.74, 6) is 1.38. The smallest absolute Gasteiger partial charge is 0.227 e. The molecule has 0 spiro atoms. The molecule has 1 aromatic heterocycles. The molecule has 2 rings (SSSR count). The second kappa shape index (κ2) is 2.87. The lowest BCUT2D eigenvalue weighted by molar-refractivity contribution is 0.895. The van der Waals surface area contributed by atoms with Crippen LogP contribution in [0.5, 0.6) is 0 Å². The van der Waals surface area contributed by atoms with Crippen LogP contribution in [0.2, 0.25) is 0 Å². The maximum Gasteiger partial charge on any atom is 0.227 e. The fourth-order valence-corrected chi connectivity index (χ4v) is 1.65. The van der Waals surface area contributed by atoms with Gasteiger partial charge >= 0.3 is 0 Å². The van der Waals surface area contributed by atoms with Crippen LogP contribution < -0.4 is 10.6 Å². The van der Waals surface area contributed by atoms with Crippen LogP contribution in [-0.2, 0) is 12.8 Å². The molecule has 0 saturated carbocycles. The first-order chi connectivity index (χ1) is 6.18. The second-order valence-electron chi connectivity index (χ2n) is 3.58. The van der Waals surface area contributed by atoms with Crippen molar-refractivity contribution >= 4 is 11.8 Å². The lowest BCUT2D eigenvalue weighted by atomic mass is 10.2. The molecule has 0 unspecified atom stereocenters. The topological polar surface area (TPSA) is 55.0 Å². The van der Waals surface area contributed by atoms with Gasteiger partial charge in [-0.25, -0.2) is 4.98 Å². The molecule has 1 aliphatic rings. The number of rotatable bonds is 1. The summed E-state index contributed by atoms with van der Waals surface area (Å²) in [5, 5.41) is 0. The van der Waals surface area contributed by atoms with Crippen molar-refractivity contribution < 1.29 is 0 Å². The Morgan fingerprint density at radius 1 is 1.23 bits per heavy atom. The molecule has 13 heavy (non-hydrogen) atoms. The first-order valence-corrected chi connectivity index (χ1v) is 4.51. The minimum Gasteiger partial charge on any atom is -0.383 e. The van der Waals surface area contributed by atoms with Crippen LogP contribution in [0.25, 0.3) is 0 Å². The Hall–Kier alpha value is -1.32. The maximum absolute atomic E-state index is 5.83. The predicted molar refractivity (Wildman–Crippen MR) is 52.8 cm³/mol. The molecule has 4 heteroatoms. The Morgan fingerprint density at radius 3 is 2.69 bits per heavy atom. The molecule has 0 saturated heterocycles. The zero-order valence-corrected chi connectivity index (χ0v) is 8.04. The average Bonchev–Trinajstić information content (AvgIpc) is 2.51. The third-order valence-corrected chi connectivity index (χ3v) is 2.35. The van der Waals surface area contributed by atoms with Gasteiger partial charge in [0.1, 0.15) is 5.82 Å². The number of hydrogen-bond acceptors (Lipinski definition) is 4. The van der Waals surface area contributed by atoms with Gasteiger partial charge in [-0.05, 0) is 19.3 Å². The number of fused-ring (bicyclic) bond motifs is 1. The van der Waals surface area contributed by atoms with Crippen molar-refractivity contribution in [2.45, 2.75) is 19.3 Å². The zero-order valence-electron chi connectivity index (χ0n) is 8.04. The van der Waals surface area contributed by atoms with Crippen LogP contribution in [0.15, 0.2) is 0 Å². The van der Waals surface area contributed by atoms with Gasteiger partial charge in [-0.3, -0.25) is 0 Å². The molecular formula is C9H14N4. The molecule has 0 radical (unpaired) electrons. The van der Waals surface area contributed by atoms with Crippen LogP contribution in [-0.4, -0.2) is 24.1 Å². The molecule has 0 atom stereocenters. The molecule has 0 bridgehead atoms. The Bertz CT molecular complexity index is 333. The molecule has 1 aromatic rings. The van der Waals surface area contributed by atoms with Crippen molar-refractivity contribution in [3.05, 3.63) is 11.3 Å². The quantitative estimate of drug-likeness (QED) is 0.684. The van der Waals surface area contributed by atoms with E-state index in [2.05, 4.69) is 9.97 Å². The van der Waals surface area contributed by atoms with Crippen molar-refractivity contribution in [2.75, 3.05) is 24.7 Å². The largest absolute Gasteiger partial charge is 0.383 e. The van der Waals surface area contributed by atoms with Gasteiger partial charge < -0.3 is 10.6 Å². The first kappa shape index (κ1) is 8.29. The summed E-state index contributed by atoms with van der Waals surface area (Å²) < 4.78 is 0. The first-order valence-electron chi connectivity index (χ1n) is 4.51. The Morgan fingerprint density at radius 2 is 2.00 bits per heavy atom. The lowest BCUT2D eigenvalue weighted by Crippen LogP contribution is -2.15. The van der Waals surface area contributed by atoms with E-state index in [1.807, 2.05) is 19.0 Å². The van der Waals surface area contributed by atoms with Gasteiger partial charge in [0.25, 0.3) is 0 Å². The Labute approximate surface area is 77.8 Å². The molecule has 0 aromatic carbocycles. The van der Waals surface area contributed by atoms with Gasteiger partial charge in [0.2, 0.25) is 5.95 Å². The van der Waals surface area contributed by atoms with Crippen LogP contribution >= 0.6 is 0 Å². The summed E-state index contributed by atoms with van der Waals surface area (Å²) in [7, 11) is 3.85. The molecule has 1 heterocycles. The fraction of sp³-hybridized carbons (Fsp3) is 0.556. The summed E-state index contributed by atoms with van der Waals surface area (Å²) in [6, 6.07) is 0. The van der Waals surface area contributed by atoms with Crippen LogP contribution in [0.4, 0.5) is 11.8 Å². The van der Waals surface area contributed by atoms with Gasteiger partial charge in [-0.1, -0.05) is 0 Å². The van der Waals surface area contributed by atoms with Crippen molar-refractivity contribution in [3.63, 3.8) is 0 Å². The third-order valence-electron chi connectivity index (χ3n) is 2.35. The zero-order chi connectivity index (χ0) is 9.42. The van der Waals surface area contributed by atoms with Gasteiger partial charge in [-0.2, -0.15) is 4.98 Å². The van der Waals surface area contributed by atoms with E-state index in [-0.39, 0.29) is 0 Å². The third kappa shape index (κ3) is 1.32. The lowest BCUT2D eigenvalue weighted by Gasteiger charge is -2.12. The molecule has 0 aliphatic heterocycles. The van der Waals surface area contributed by atoms with E-state index < -0.39 is 0 Å². The Kier molecular flexibility index (Phi) is 1.83. The molecule has 4 nitrogen and oxygen atoms in total. The summed E-state index contributed by atoms with van der Waals surface area (Å²) in [4.78, 5) is 10.6. The molecule has 2 N–H and O–H groups in total. The van der Waals surface area contributed by atoms with Crippen LogP contribution in [0, 0.1) is 0 Å². The van der Waals surface area contributed by atoms with Crippen molar-refractivity contribution in [1.82, 2.24) is 9.97 Å². The normalized spacial score (nSPS) is 14.3. The highest BCUT2D eigenvalue weighted by Crippen LogP contribution is 2.25. The second-order valence-corrected chi connectivity index (χ2v) is 3.58. The highest BCUT2D eigenvalue weighted by Gasteiger charge is 2.17. The minimum absolute atomic E-state index is 0.659. The average molecular weight is 178 g/mol. The van der Waals surface area contributed by atoms with Crippen molar-refractivity contribution in [1.29, 1.82) is 0 Å². The van der Waals surface area contributed by atoms with E-state index in [0.29, 0.717) is 5.82 Å².